The summed E-state index contributed by atoms with van der Waals surface area (Å²) in [4.78, 5) is 14.5. The van der Waals surface area contributed by atoms with Crippen LogP contribution in [-0.4, -0.2) is 42.6 Å². The summed E-state index contributed by atoms with van der Waals surface area (Å²) in [6, 6.07) is 0.857. The van der Waals surface area contributed by atoms with Gasteiger partial charge in [-0.2, -0.15) is 0 Å². The zero-order valence-electron chi connectivity index (χ0n) is 13.9. The zero-order chi connectivity index (χ0) is 15.1. The molecule has 4 heteroatoms. The predicted molar refractivity (Wildman–Crippen MR) is 87.5 cm³/mol. The highest BCUT2D eigenvalue weighted by Crippen LogP contribution is 2.18. The van der Waals surface area contributed by atoms with E-state index in [1.165, 1.54) is 51.6 Å². The van der Waals surface area contributed by atoms with Crippen molar-refractivity contribution in [3.63, 3.8) is 0 Å². The van der Waals surface area contributed by atoms with Crippen LogP contribution < -0.4 is 10.6 Å². The van der Waals surface area contributed by atoms with Gasteiger partial charge < -0.3 is 10.6 Å². The van der Waals surface area contributed by atoms with Gasteiger partial charge in [-0.1, -0.05) is 32.6 Å². The number of carbonyl (C=O) groups excluding carboxylic acids is 1. The number of rotatable bonds is 4. The number of piperidine rings is 1. The molecule has 1 aliphatic carbocycles. The summed E-state index contributed by atoms with van der Waals surface area (Å²) in [7, 11) is 0. The minimum atomic E-state index is 0.0270. The van der Waals surface area contributed by atoms with E-state index in [2.05, 4.69) is 29.4 Å². The van der Waals surface area contributed by atoms with Gasteiger partial charge in [-0.3, -0.25) is 4.90 Å². The quantitative estimate of drug-likeness (QED) is 0.783. The van der Waals surface area contributed by atoms with E-state index in [-0.39, 0.29) is 6.03 Å². The molecule has 0 aromatic rings. The maximum absolute atomic E-state index is 12.0. The molecule has 0 radical (unpaired) electrons. The molecule has 2 fully saturated rings. The predicted octanol–water partition coefficient (Wildman–Crippen LogP) is 3.13. The largest absolute Gasteiger partial charge is 0.337 e. The Bertz CT molecular complexity index is 305. The summed E-state index contributed by atoms with van der Waals surface area (Å²) < 4.78 is 0. The Kier molecular flexibility index (Phi) is 6.81. The number of hydrogen-bond donors (Lipinski definition) is 2. The molecule has 1 atom stereocenters. The molecule has 1 saturated carbocycles. The number of hydrogen-bond acceptors (Lipinski definition) is 2. The first kappa shape index (κ1) is 16.6. The van der Waals surface area contributed by atoms with Crippen molar-refractivity contribution in [2.24, 2.45) is 5.92 Å². The molecule has 21 heavy (non-hydrogen) atoms. The van der Waals surface area contributed by atoms with Crippen LogP contribution in [0.1, 0.15) is 65.2 Å². The number of nitrogens with zero attached hydrogens (tertiary/aromatic N) is 1. The Morgan fingerprint density at radius 3 is 2.33 bits per heavy atom. The molecule has 1 aliphatic heterocycles. The maximum Gasteiger partial charge on any atom is 0.315 e. The second-order valence-corrected chi connectivity index (χ2v) is 7.11. The van der Waals surface area contributed by atoms with E-state index >= 15 is 0 Å². The van der Waals surface area contributed by atoms with Crippen LogP contribution in [-0.2, 0) is 0 Å². The Labute approximate surface area is 130 Å². The van der Waals surface area contributed by atoms with Gasteiger partial charge in [0.15, 0.2) is 0 Å². The van der Waals surface area contributed by atoms with Gasteiger partial charge in [-0.15, -0.1) is 0 Å². The van der Waals surface area contributed by atoms with Gasteiger partial charge in [0.25, 0.3) is 0 Å². The Hall–Kier alpha value is -0.770. The number of likely N-dealkylation sites (tertiary alicyclic amines) is 1. The summed E-state index contributed by atoms with van der Waals surface area (Å²) in [5.74, 6) is 0.861. The molecule has 2 N–H and O–H groups in total. The van der Waals surface area contributed by atoms with Crippen LogP contribution >= 0.6 is 0 Å². The third-order valence-corrected chi connectivity index (χ3v) is 5.19. The fourth-order valence-electron chi connectivity index (χ4n) is 3.50. The Morgan fingerprint density at radius 1 is 1.10 bits per heavy atom. The fourth-order valence-corrected chi connectivity index (χ4v) is 3.50. The van der Waals surface area contributed by atoms with Crippen LogP contribution in [0.3, 0.4) is 0 Å². The molecule has 1 saturated heterocycles. The lowest BCUT2D eigenvalue weighted by Crippen LogP contribution is -2.49. The van der Waals surface area contributed by atoms with Crippen LogP contribution in [0.25, 0.3) is 0 Å². The van der Waals surface area contributed by atoms with Crippen LogP contribution in [0.15, 0.2) is 0 Å². The topological polar surface area (TPSA) is 44.4 Å². The van der Waals surface area contributed by atoms with Gasteiger partial charge in [0.05, 0.1) is 0 Å². The summed E-state index contributed by atoms with van der Waals surface area (Å²) in [5, 5.41) is 6.22. The van der Waals surface area contributed by atoms with E-state index in [4.69, 9.17) is 0 Å². The van der Waals surface area contributed by atoms with Crippen molar-refractivity contribution >= 4 is 6.03 Å². The van der Waals surface area contributed by atoms with E-state index < -0.39 is 0 Å². The molecule has 1 unspecified atom stereocenters. The van der Waals surface area contributed by atoms with Crippen LogP contribution in [0.4, 0.5) is 4.79 Å². The molecular formula is C17H33N3O. The molecule has 0 aromatic heterocycles. The fraction of sp³-hybridized carbons (Fsp3) is 0.941. The van der Waals surface area contributed by atoms with Gasteiger partial charge in [0, 0.05) is 18.6 Å². The van der Waals surface area contributed by atoms with E-state index in [0.717, 1.165) is 25.3 Å². The molecule has 0 bridgehead atoms. The zero-order valence-corrected chi connectivity index (χ0v) is 13.9. The lowest BCUT2D eigenvalue weighted by atomic mass is 9.98. The molecular weight excluding hydrogens is 262 g/mol. The highest BCUT2D eigenvalue weighted by atomic mass is 16.2. The normalized spacial score (nSPS) is 24.3. The smallest absolute Gasteiger partial charge is 0.315 e. The first-order chi connectivity index (χ1) is 10.1. The summed E-state index contributed by atoms with van der Waals surface area (Å²) >= 11 is 0. The molecule has 1 heterocycles. The molecule has 2 aliphatic rings. The monoisotopic (exact) mass is 295 g/mol. The summed E-state index contributed by atoms with van der Waals surface area (Å²) in [6.45, 7) is 7.66. The minimum Gasteiger partial charge on any atom is -0.337 e. The molecule has 0 spiro atoms. The van der Waals surface area contributed by atoms with E-state index in [1.807, 2.05) is 0 Å². The highest BCUT2D eigenvalue weighted by Gasteiger charge is 2.21. The first-order valence-corrected chi connectivity index (χ1v) is 8.93. The Balaban J connectivity index is 1.63. The summed E-state index contributed by atoms with van der Waals surface area (Å²) in [6.07, 6.45) is 10.0. The number of urea groups is 1. The van der Waals surface area contributed by atoms with Crippen LogP contribution in [0.2, 0.25) is 0 Å². The second kappa shape index (κ2) is 8.62. The van der Waals surface area contributed by atoms with Gasteiger partial charge in [0.2, 0.25) is 0 Å². The molecule has 4 nitrogen and oxygen atoms in total. The molecule has 2 amide bonds. The molecule has 2 rings (SSSR count). The second-order valence-electron chi connectivity index (χ2n) is 7.11. The van der Waals surface area contributed by atoms with Gasteiger partial charge in [0.1, 0.15) is 0 Å². The van der Waals surface area contributed by atoms with Crippen molar-refractivity contribution < 1.29 is 4.79 Å². The van der Waals surface area contributed by atoms with Crippen LogP contribution in [0, 0.1) is 5.92 Å². The van der Waals surface area contributed by atoms with Crippen molar-refractivity contribution in [3.8, 4) is 0 Å². The van der Waals surface area contributed by atoms with Gasteiger partial charge in [-0.05, 0) is 51.6 Å². The Morgan fingerprint density at radius 2 is 1.71 bits per heavy atom. The van der Waals surface area contributed by atoms with Crippen molar-refractivity contribution in [2.45, 2.75) is 77.3 Å². The SMILES string of the molecule is CC1CCN(C(C)CNC(=O)NC2CCCCCC2)CC1. The molecule has 0 aromatic carbocycles. The van der Waals surface area contributed by atoms with E-state index in [1.54, 1.807) is 0 Å². The number of carbonyl (C=O) groups is 1. The van der Waals surface area contributed by atoms with Crippen molar-refractivity contribution in [1.82, 2.24) is 15.5 Å². The maximum atomic E-state index is 12.0. The summed E-state index contributed by atoms with van der Waals surface area (Å²) in [5.41, 5.74) is 0. The lowest BCUT2D eigenvalue weighted by Gasteiger charge is -2.35. The number of nitrogens with one attached hydrogen (secondary N) is 2. The minimum absolute atomic E-state index is 0.0270. The van der Waals surface area contributed by atoms with Crippen molar-refractivity contribution in [2.75, 3.05) is 19.6 Å². The standard InChI is InChI=1S/C17H33N3O/c1-14-9-11-20(12-10-14)15(2)13-18-17(21)19-16-7-5-3-4-6-8-16/h14-16H,3-13H2,1-2H3,(H2,18,19,21). The van der Waals surface area contributed by atoms with Gasteiger partial charge >= 0.3 is 6.03 Å². The van der Waals surface area contributed by atoms with Crippen molar-refractivity contribution in [1.29, 1.82) is 0 Å². The lowest BCUT2D eigenvalue weighted by molar-refractivity contribution is 0.145. The van der Waals surface area contributed by atoms with Gasteiger partial charge in [-0.25, -0.2) is 4.79 Å². The van der Waals surface area contributed by atoms with Crippen LogP contribution in [0.5, 0.6) is 0 Å². The van der Waals surface area contributed by atoms with E-state index in [0.29, 0.717) is 12.1 Å². The number of amides is 2. The average molecular weight is 295 g/mol. The average Bonchev–Trinajstić information content (AvgIpc) is 2.74. The first-order valence-electron chi connectivity index (χ1n) is 8.93. The third-order valence-electron chi connectivity index (χ3n) is 5.19. The van der Waals surface area contributed by atoms with E-state index in [9.17, 15) is 4.79 Å². The molecule has 122 valence electrons. The highest BCUT2D eigenvalue weighted by molar-refractivity contribution is 5.74. The van der Waals surface area contributed by atoms with Crippen molar-refractivity contribution in [3.05, 3.63) is 0 Å². The third kappa shape index (κ3) is 5.85.